The minimum Gasteiger partial charge on any atom is -0.388 e. The van der Waals surface area contributed by atoms with E-state index in [9.17, 15) is 5.11 Å². The number of hydrogen-bond donors (Lipinski definition) is 2. The van der Waals surface area contributed by atoms with E-state index in [2.05, 4.69) is 31.7 Å². The maximum atomic E-state index is 10.2. The second kappa shape index (κ2) is 7.13. The van der Waals surface area contributed by atoms with E-state index in [-0.39, 0.29) is 0 Å². The molecule has 3 atom stereocenters. The van der Waals surface area contributed by atoms with Crippen molar-refractivity contribution in [2.45, 2.75) is 45.3 Å². The first kappa shape index (κ1) is 16.8. The monoisotopic (exact) mass is 307 g/mol. The Morgan fingerprint density at radius 3 is 2.91 bits per heavy atom. The highest BCUT2D eigenvalue weighted by Gasteiger charge is 2.29. The summed E-state index contributed by atoms with van der Waals surface area (Å²) in [5, 5.41) is 13.5. The van der Waals surface area contributed by atoms with Gasteiger partial charge in [-0.05, 0) is 25.7 Å². The van der Waals surface area contributed by atoms with Gasteiger partial charge in [0.2, 0.25) is 0 Å². The second-order valence-corrected chi connectivity index (χ2v) is 6.54. The number of aromatic nitrogens is 2. The van der Waals surface area contributed by atoms with Crippen LogP contribution in [0.15, 0.2) is 23.7 Å². The third-order valence-corrected chi connectivity index (χ3v) is 4.73. The molecule has 1 aliphatic rings. The fourth-order valence-corrected chi connectivity index (χ4v) is 2.82. The molecule has 1 aromatic rings. The molecule has 2 heterocycles. The third-order valence-electron chi connectivity index (χ3n) is 4.73. The van der Waals surface area contributed by atoms with Crippen LogP contribution in [0.1, 0.15) is 39.7 Å². The largest absolute Gasteiger partial charge is 0.388 e. The van der Waals surface area contributed by atoms with Crippen LogP contribution in [0.3, 0.4) is 0 Å². The van der Waals surface area contributed by atoms with E-state index in [0.29, 0.717) is 24.9 Å². The maximum absolute atomic E-state index is 10.2. The third kappa shape index (κ3) is 4.00. The molecule has 0 bridgehead atoms. The number of aliphatic imine (C=N–C) groups is 1. The number of imidazole rings is 1. The summed E-state index contributed by atoms with van der Waals surface area (Å²) < 4.78 is 2.19. The molecule has 0 aliphatic carbocycles. The first-order chi connectivity index (χ1) is 10.5. The van der Waals surface area contributed by atoms with Crippen molar-refractivity contribution in [2.24, 2.45) is 10.9 Å². The molecule has 1 fully saturated rings. The Morgan fingerprint density at radius 1 is 1.55 bits per heavy atom. The van der Waals surface area contributed by atoms with Gasteiger partial charge in [-0.15, -0.1) is 0 Å². The summed E-state index contributed by atoms with van der Waals surface area (Å²) in [5.41, 5.74) is -0.706. The average molecular weight is 307 g/mol. The Kier molecular flexibility index (Phi) is 5.45. The number of nitrogens with one attached hydrogen (secondary N) is 1. The highest BCUT2D eigenvalue weighted by Crippen LogP contribution is 2.27. The normalized spacial score (nSPS) is 25.9. The molecule has 124 valence electrons. The van der Waals surface area contributed by atoms with E-state index in [1.807, 2.05) is 32.6 Å². The second-order valence-electron chi connectivity index (χ2n) is 6.54. The molecule has 2 rings (SSSR count). The standard InChI is InChI=1S/C16H29N5O/c1-5-16(3,22)11-19-15(17-4)20-8-6-13(2)14(10-20)21-9-7-18-12-21/h7,9,12-14,22H,5-6,8,10-11H2,1-4H3,(H,17,19). The van der Waals surface area contributed by atoms with Crippen LogP contribution in [0.2, 0.25) is 0 Å². The summed E-state index contributed by atoms with van der Waals surface area (Å²) in [6.07, 6.45) is 7.59. The van der Waals surface area contributed by atoms with Crippen LogP contribution in [0.4, 0.5) is 0 Å². The zero-order valence-corrected chi connectivity index (χ0v) is 14.2. The van der Waals surface area contributed by atoms with Crippen molar-refractivity contribution >= 4 is 5.96 Å². The van der Waals surface area contributed by atoms with Gasteiger partial charge in [-0.3, -0.25) is 4.99 Å². The van der Waals surface area contributed by atoms with Crippen LogP contribution in [0.25, 0.3) is 0 Å². The van der Waals surface area contributed by atoms with Crippen molar-refractivity contribution in [3.05, 3.63) is 18.7 Å². The van der Waals surface area contributed by atoms with E-state index in [4.69, 9.17) is 0 Å². The Labute approximate surface area is 133 Å². The summed E-state index contributed by atoms with van der Waals surface area (Å²) in [6.45, 7) is 8.53. The molecule has 1 saturated heterocycles. The minimum absolute atomic E-state index is 0.404. The van der Waals surface area contributed by atoms with Gasteiger partial charge < -0.3 is 19.9 Å². The Morgan fingerprint density at radius 2 is 2.32 bits per heavy atom. The van der Waals surface area contributed by atoms with Gasteiger partial charge in [0.15, 0.2) is 5.96 Å². The first-order valence-electron chi connectivity index (χ1n) is 8.12. The number of piperidine rings is 1. The van der Waals surface area contributed by atoms with Crippen molar-refractivity contribution < 1.29 is 5.11 Å². The van der Waals surface area contributed by atoms with Crippen molar-refractivity contribution in [3.8, 4) is 0 Å². The van der Waals surface area contributed by atoms with Crippen molar-refractivity contribution in [1.29, 1.82) is 0 Å². The predicted octanol–water partition coefficient (Wildman–Crippen LogP) is 1.50. The molecule has 2 N–H and O–H groups in total. The summed E-state index contributed by atoms with van der Waals surface area (Å²) in [6, 6.07) is 0.404. The Hall–Kier alpha value is -1.56. The van der Waals surface area contributed by atoms with Gasteiger partial charge in [-0.25, -0.2) is 4.98 Å². The van der Waals surface area contributed by atoms with Crippen LogP contribution in [-0.4, -0.2) is 57.8 Å². The fraction of sp³-hybridized carbons (Fsp3) is 0.750. The molecule has 0 saturated carbocycles. The SMILES string of the molecule is CCC(C)(O)CNC(=NC)N1CCC(C)C(n2ccnc2)C1. The number of aliphatic hydroxyl groups is 1. The molecular weight excluding hydrogens is 278 g/mol. The lowest BCUT2D eigenvalue weighted by atomic mass is 9.93. The average Bonchev–Trinajstić information content (AvgIpc) is 3.03. The summed E-state index contributed by atoms with van der Waals surface area (Å²) in [4.78, 5) is 10.8. The number of nitrogens with zero attached hydrogens (tertiary/aromatic N) is 4. The lowest BCUT2D eigenvalue weighted by molar-refractivity contribution is 0.0591. The van der Waals surface area contributed by atoms with Crippen LogP contribution < -0.4 is 5.32 Å². The van der Waals surface area contributed by atoms with Crippen LogP contribution in [-0.2, 0) is 0 Å². The van der Waals surface area contributed by atoms with Gasteiger partial charge in [0, 0.05) is 39.1 Å². The fourth-order valence-electron chi connectivity index (χ4n) is 2.82. The van der Waals surface area contributed by atoms with Crippen LogP contribution >= 0.6 is 0 Å². The lowest BCUT2D eigenvalue weighted by Gasteiger charge is -2.39. The molecule has 22 heavy (non-hydrogen) atoms. The predicted molar refractivity (Wildman–Crippen MR) is 88.9 cm³/mol. The maximum Gasteiger partial charge on any atom is 0.193 e. The molecule has 3 unspecified atom stereocenters. The minimum atomic E-state index is -0.706. The van der Waals surface area contributed by atoms with E-state index in [0.717, 1.165) is 25.5 Å². The summed E-state index contributed by atoms with van der Waals surface area (Å²) in [5.74, 6) is 1.48. The zero-order chi connectivity index (χ0) is 16.2. The van der Waals surface area contributed by atoms with Gasteiger partial charge in [-0.2, -0.15) is 0 Å². The van der Waals surface area contributed by atoms with Gasteiger partial charge in [0.05, 0.1) is 18.0 Å². The van der Waals surface area contributed by atoms with Crippen molar-refractivity contribution in [3.63, 3.8) is 0 Å². The summed E-state index contributed by atoms with van der Waals surface area (Å²) >= 11 is 0. The molecule has 6 nitrogen and oxygen atoms in total. The van der Waals surface area contributed by atoms with Gasteiger partial charge in [-0.1, -0.05) is 13.8 Å². The molecule has 0 radical (unpaired) electrons. The molecule has 0 aromatic carbocycles. The number of likely N-dealkylation sites (tertiary alicyclic amines) is 1. The van der Waals surface area contributed by atoms with Gasteiger partial charge >= 0.3 is 0 Å². The highest BCUT2D eigenvalue weighted by atomic mass is 16.3. The van der Waals surface area contributed by atoms with E-state index < -0.39 is 5.60 Å². The Bertz CT molecular complexity index is 483. The number of rotatable bonds is 4. The molecule has 6 heteroatoms. The smallest absolute Gasteiger partial charge is 0.193 e. The lowest BCUT2D eigenvalue weighted by Crippen LogP contribution is -2.51. The molecular formula is C16H29N5O. The van der Waals surface area contributed by atoms with Crippen LogP contribution in [0, 0.1) is 5.92 Å². The van der Waals surface area contributed by atoms with E-state index >= 15 is 0 Å². The van der Waals surface area contributed by atoms with Crippen molar-refractivity contribution in [1.82, 2.24) is 19.8 Å². The number of hydrogen-bond acceptors (Lipinski definition) is 3. The molecule has 0 spiro atoms. The highest BCUT2D eigenvalue weighted by molar-refractivity contribution is 5.80. The van der Waals surface area contributed by atoms with Gasteiger partial charge in [0.1, 0.15) is 0 Å². The quantitative estimate of drug-likeness (QED) is 0.653. The molecule has 1 aliphatic heterocycles. The topological polar surface area (TPSA) is 65.7 Å². The van der Waals surface area contributed by atoms with E-state index in [1.165, 1.54) is 0 Å². The summed E-state index contributed by atoms with van der Waals surface area (Å²) in [7, 11) is 1.80. The first-order valence-corrected chi connectivity index (χ1v) is 8.12. The molecule has 1 aromatic heterocycles. The zero-order valence-electron chi connectivity index (χ0n) is 14.2. The Balaban J connectivity index is 2.01. The van der Waals surface area contributed by atoms with Crippen molar-refractivity contribution in [2.75, 3.05) is 26.7 Å². The number of guanidine groups is 1. The van der Waals surface area contributed by atoms with Gasteiger partial charge in [0.25, 0.3) is 0 Å². The van der Waals surface area contributed by atoms with E-state index in [1.54, 1.807) is 7.05 Å². The van der Waals surface area contributed by atoms with Crippen LogP contribution in [0.5, 0.6) is 0 Å². The molecule has 0 amide bonds.